The average molecular weight is 331 g/mol. The Morgan fingerprint density at radius 3 is 2.35 bits per heavy atom. The Morgan fingerprint density at radius 1 is 1.04 bits per heavy atom. The van der Waals surface area contributed by atoms with Gasteiger partial charge in [0.1, 0.15) is 5.75 Å². The first kappa shape index (κ1) is 17.4. The number of rotatable bonds is 7. The van der Waals surface area contributed by atoms with Crippen LogP contribution in [0.1, 0.15) is 26.3 Å². The standard InChI is InChI=1S/C19H23ClN2O/c1-4-22(5-2)18-10-8-17(9-11-18)21-14-15-13-16(20)7-12-19(15)23-6-3/h7-14H,4-6H2,1-3H3. The van der Waals surface area contributed by atoms with E-state index in [9.17, 15) is 0 Å². The van der Waals surface area contributed by atoms with Crippen LogP contribution in [-0.4, -0.2) is 25.9 Å². The van der Waals surface area contributed by atoms with E-state index in [0.29, 0.717) is 11.6 Å². The smallest absolute Gasteiger partial charge is 0.128 e. The number of halogens is 1. The van der Waals surface area contributed by atoms with Crippen LogP contribution in [0, 0.1) is 0 Å². The highest BCUT2D eigenvalue weighted by Crippen LogP contribution is 2.23. The minimum Gasteiger partial charge on any atom is -0.493 e. The quantitative estimate of drug-likeness (QED) is 0.640. The van der Waals surface area contributed by atoms with Crippen molar-refractivity contribution in [1.82, 2.24) is 0 Å². The van der Waals surface area contributed by atoms with Crippen molar-refractivity contribution in [3.05, 3.63) is 53.1 Å². The van der Waals surface area contributed by atoms with E-state index >= 15 is 0 Å². The van der Waals surface area contributed by atoms with Gasteiger partial charge in [-0.2, -0.15) is 0 Å². The van der Waals surface area contributed by atoms with Crippen LogP contribution in [0.4, 0.5) is 11.4 Å². The van der Waals surface area contributed by atoms with Gasteiger partial charge in [0.25, 0.3) is 0 Å². The summed E-state index contributed by atoms with van der Waals surface area (Å²) in [7, 11) is 0. The predicted molar refractivity (Wildman–Crippen MR) is 99.9 cm³/mol. The van der Waals surface area contributed by atoms with Gasteiger partial charge in [-0.1, -0.05) is 11.6 Å². The molecule has 0 bridgehead atoms. The fraction of sp³-hybridized carbons (Fsp3) is 0.316. The van der Waals surface area contributed by atoms with E-state index in [0.717, 1.165) is 30.1 Å². The van der Waals surface area contributed by atoms with Crippen molar-refractivity contribution in [2.24, 2.45) is 4.99 Å². The fourth-order valence-electron chi connectivity index (χ4n) is 2.39. The largest absolute Gasteiger partial charge is 0.493 e. The molecule has 0 spiro atoms. The van der Waals surface area contributed by atoms with Crippen molar-refractivity contribution in [3.8, 4) is 5.75 Å². The number of hydrogen-bond donors (Lipinski definition) is 0. The molecule has 0 aliphatic rings. The second-order valence-corrected chi connectivity index (χ2v) is 5.50. The SMILES string of the molecule is CCOc1ccc(Cl)cc1C=Nc1ccc(N(CC)CC)cc1. The van der Waals surface area contributed by atoms with Crippen LogP contribution in [0.15, 0.2) is 47.5 Å². The molecule has 0 unspecified atom stereocenters. The molecule has 0 saturated carbocycles. The van der Waals surface area contributed by atoms with Gasteiger partial charge in [-0.3, -0.25) is 4.99 Å². The maximum Gasteiger partial charge on any atom is 0.128 e. The minimum atomic E-state index is 0.612. The minimum absolute atomic E-state index is 0.612. The molecule has 0 aromatic heterocycles. The molecule has 2 aromatic carbocycles. The number of aliphatic imine (C=N–C) groups is 1. The zero-order valence-electron chi connectivity index (χ0n) is 13.9. The summed E-state index contributed by atoms with van der Waals surface area (Å²) < 4.78 is 5.60. The van der Waals surface area contributed by atoms with Crippen LogP contribution in [0.5, 0.6) is 5.75 Å². The van der Waals surface area contributed by atoms with Crippen molar-refractivity contribution < 1.29 is 4.74 Å². The van der Waals surface area contributed by atoms with Crippen LogP contribution in [0.25, 0.3) is 0 Å². The van der Waals surface area contributed by atoms with E-state index < -0.39 is 0 Å². The van der Waals surface area contributed by atoms with E-state index in [1.165, 1.54) is 5.69 Å². The van der Waals surface area contributed by atoms with Crippen molar-refractivity contribution >= 4 is 29.2 Å². The summed E-state index contributed by atoms with van der Waals surface area (Å²) in [6, 6.07) is 13.8. The Labute approximate surface area is 143 Å². The van der Waals surface area contributed by atoms with Gasteiger partial charge in [-0.15, -0.1) is 0 Å². The van der Waals surface area contributed by atoms with Crippen molar-refractivity contribution in [3.63, 3.8) is 0 Å². The molecule has 0 aliphatic heterocycles. The summed E-state index contributed by atoms with van der Waals surface area (Å²) in [6.45, 7) is 8.88. The molecule has 0 fully saturated rings. The molecular weight excluding hydrogens is 308 g/mol. The normalized spacial score (nSPS) is 11.0. The van der Waals surface area contributed by atoms with Crippen LogP contribution in [-0.2, 0) is 0 Å². The maximum atomic E-state index is 6.06. The van der Waals surface area contributed by atoms with E-state index in [1.54, 1.807) is 6.21 Å². The summed E-state index contributed by atoms with van der Waals surface area (Å²) >= 11 is 6.06. The van der Waals surface area contributed by atoms with Crippen molar-refractivity contribution in [2.75, 3.05) is 24.6 Å². The Kier molecular flexibility index (Phi) is 6.48. The molecule has 2 rings (SSSR count). The van der Waals surface area contributed by atoms with Gasteiger partial charge in [0.15, 0.2) is 0 Å². The van der Waals surface area contributed by atoms with E-state index in [1.807, 2.05) is 37.3 Å². The zero-order chi connectivity index (χ0) is 16.7. The number of anilines is 1. The molecule has 0 aliphatic carbocycles. The Morgan fingerprint density at radius 2 is 1.74 bits per heavy atom. The lowest BCUT2D eigenvalue weighted by Crippen LogP contribution is -2.21. The van der Waals surface area contributed by atoms with Gasteiger partial charge >= 0.3 is 0 Å². The molecule has 2 aromatic rings. The van der Waals surface area contributed by atoms with Gasteiger partial charge in [0.05, 0.1) is 12.3 Å². The summed E-state index contributed by atoms with van der Waals surface area (Å²) in [6.07, 6.45) is 1.79. The zero-order valence-corrected chi connectivity index (χ0v) is 14.7. The van der Waals surface area contributed by atoms with E-state index in [2.05, 4.69) is 35.9 Å². The first-order valence-corrected chi connectivity index (χ1v) is 8.37. The van der Waals surface area contributed by atoms with E-state index in [4.69, 9.17) is 16.3 Å². The topological polar surface area (TPSA) is 24.8 Å². The molecular formula is C19H23ClN2O. The maximum absolute atomic E-state index is 6.06. The third-order valence-electron chi connectivity index (χ3n) is 3.60. The average Bonchev–Trinajstić information content (AvgIpc) is 2.57. The van der Waals surface area contributed by atoms with Crippen LogP contribution in [0.3, 0.4) is 0 Å². The molecule has 4 heteroatoms. The second kappa shape index (κ2) is 8.59. The lowest BCUT2D eigenvalue weighted by molar-refractivity contribution is 0.340. The monoisotopic (exact) mass is 330 g/mol. The van der Waals surface area contributed by atoms with Gasteiger partial charge in [-0.05, 0) is 63.2 Å². The molecule has 0 radical (unpaired) electrons. The highest BCUT2D eigenvalue weighted by atomic mass is 35.5. The third-order valence-corrected chi connectivity index (χ3v) is 3.84. The van der Waals surface area contributed by atoms with Gasteiger partial charge < -0.3 is 9.64 Å². The summed E-state index contributed by atoms with van der Waals surface area (Å²) in [5, 5.41) is 0.673. The summed E-state index contributed by atoms with van der Waals surface area (Å²) in [4.78, 5) is 6.83. The van der Waals surface area contributed by atoms with Gasteiger partial charge in [-0.25, -0.2) is 0 Å². The Balaban J connectivity index is 2.18. The fourth-order valence-corrected chi connectivity index (χ4v) is 2.57. The first-order valence-electron chi connectivity index (χ1n) is 7.99. The molecule has 122 valence electrons. The first-order chi connectivity index (χ1) is 11.2. The second-order valence-electron chi connectivity index (χ2n) is 5.06. The Bertz CT molecular complexity index is 649. The number of ether oxygens (including phenoxy) is 1. The molecule has 3 nitrogen and oxygen atoms in total. The van der Waals surface area contributed by atoms with Crippen LogP contribution >= 0.6 is 11.6 Å². The molecule has 23 heavy (non-hydrogen) atoms. The highest BCUT2D eigenvalue weighted by molar-refractivity contribution is 6.30. The molecule has 0 atom stereocenters. The lowest BCUT2D eigenvalue weighted by atomic mass is 10.2. The van der Waals surface area contributed by atoms with E-state index in [-0.39, 0.29) is 0 Å². The molecule has 0 saturated heterocycles. The molecule has 0 heterocycles. The highest BCUT2D eigenvalue weighted by Gasteiger charge is 2.03. The Hall–Kier alpha value is -2.00. The van der Waals surface area contributed by atoms with Gasteiger partial charge in [0.2, 0.25) is 0 Å². The third kappa shape index (κ3) is 4.73. The van der Waals surface area contributed by atoms with Crippen LogP contribution in [0.2, 0.25) is 5.02 Å². The number of benzene rings is 2. The van der Waals surface area contributed by atoms with Gasteiger partial charge in [0, 0.05) is 35.6 Å². The molecule has 0 N–H and O–H groups in total. The van der Waals surface area contributed by atoms with Crippen molar-refractivity contribution in [2.45, 2.75) is 20.8 Å². The van der Waals surface area contributed by atoms with Crippen molar-refractivity contribution in [1.29, 1.82) is 0 Å². The van der Waals surface area contributed by atoms with Crippen LogP contribution < -0.4 is 9.64 Å². The molecule has 0 amide bonds. The number of hydrogen-bond acceptors (Lipinski definition) is 3. The predicted octanol–water partition coefficient (Wildman–Crippen LogP) is 5.34. The lowest BCUT2D eigenvalue weighted by Gasteiger charge is -2.20. The summed E-state index contributed by atoms with van der Waals surface area (Å²) in [5.74, 6) is 0.792. The summed E-state index contributed by atoms with van der Waals surface area (Å²) in [5.41, 5.74) is 3.00. The number of nitrogens with zero attached hydrogens (tertiary/aromatic N) is 2.